The van der Waals surface area contributed by atoms with Crippen molar-refractivity contribution in [2.75, 3.05) is 26.2 Å². The highest BCUT2D eigenvalue weighted by Crippen LogP contribution is 2.31. The number of nitrogens with zero attached hydrogens (tertiary/aromatic N) is 2. The lowest BCUT2D eigenvalue weighted by Crippen LogP contribution is -2.47. The molecule has 26 heavy (non-hydrogen) atoms. The van der Waals surface area contributed by atoms with E-state index in [4.69, 9.17) is 0 Å². The highest BCUT2D eigenvalue weighted by atomic mass is 16.2. The number of hydrogen-bond donors (Lipinski definition) is 2. The number of aromatic amines is 2. The third-order valence-electron chi connectivity index (χ3n) is 5.64. The second kappa shape index (κ2) is 7.78. The van der Waals surface area contributed by atoms with Gasteiger partial charge in [-0.3, -0.25) is 19.5 Å². The van der Waals surface area contributed by atoms with E-state index in [-0.39, 0.29) is 12.3 Å². The molecule has 0 spiro atoms. The fourth-order valence-electron chi connectivity index (χ4n) is 3.88. The Morgan fingerprint density at radius 2 is 1.92 bits per heavy atom. The molecular formula is C19H30N4O3. The molecule has 1 aromatic heterocycles. The molecule has 1 aliphatic carbocycles. The minimum Gasteiger partial charge on any atom is -0.341 e. The third kappa shape index (κ3) is 4.44. The smallest absolute Gasteiger partial charge is 0.325 e. The highest BCUT2D eigenvalue weighted by molar-refractivity contribution is 5.79. The number of carbonyl (C=O) groups excluding carboxylic acids is 1. The van der Waals surface area contributed by atoms with Crippen LogP contribution in [-0.2, 0) is 11.2 Å². The first kappa shape index (κ1) is 18.9. The van der Waals surface area contributed by atoms with Crippen molar-refractivity contribution in [1.29, 1.82) is 0 Å². The van der Waals surface area contributed by atoms with Crippen molar-refractivity contribution in [3.05, 3.63) is 32.1 Å². The summed E-state index contributed by atoms with van der Waals surface area (Å²) in [5.74, 6) is 1.27. The predicted molar refractivity (Wildman–Crippen MR) is 100 cm³/mol. The number of carbonyl (C=O) groups is 1. The first-order valence-electron chi connectivity index (χ1n) is 9.69. The summed E-state index contributed by atoms with van der Waals surface area (Å²) in [5.41, 5.74) is -0.174. The molecular weight excluding hydrogens is 332 g/mol. The first-order chi connectivity index (χ1) is 12.3. The van der Waals surface area contributed by atoms with E-state index in [1.54, 1.807) is 6.92 Å². The summed E-state index contributed by atoms with van der Waals surface area (Å²) < 4.78 is 0. The van der Waals surface area contributed by atoms with Gasteiger partial charge >= 0.3 is 5.69 Å². The second-order valence-corrected chi connectivity index (χ2v) is 8.13. The molecule has 7 nitrogen and oxygen atoms in total. The normalized spacial score (nSPS) is 21.8. The van der Waals surface area contributed by atoms with Gasteiger partial charge in [-0.05, 0) is 38.0 Å². The minimum atomic E-state index is -0.533. The van der Waals surface area contributed by atoms with Gasteiger partial charge in [0.15, 0.2) is 0 Å². The Bertz CT molecular complexity index is 763. The molecule has 144 valence electrons. The molecule has 0 unspecified atom stereocenters. The molecule has 7 heteroatoms. The van der Waals surface area contributed by atoms with Crippen LogP contribution in [0.2, 0.25) is 0 Å². The number of rotatable bonds is 5. The molecule has 0 aromatic carbocycles. The Kier molecular flexibility index (Phi) is 5.65. The molecule has 1 saturated carbocycles. The Morgan fingerprint density at radius 3 is 2.54 bits per heavy atom. The van der Waals surface area contributed by atoms with Crippen molar-refractivity contribution in [3.63, 3.8) is 0 Å². The number of hydrogen-bond acceptors (Lipinski definition) is 4. The molecule has 2 heterocycles. The number of aromatic nitrogens is 2. The first-order valence-corrected chi connectivity index (χ1v) is 9.69. The fraction of sp³-hybridized carbons (Fsp3) is 0.737. The molecule has 0 radical (unpaired) electrons. The lowest BCUT2D eigenvalue weighted by atomic mass is 10.0. The maximum Gasteiger partial charge on any atom is 0.325 e. The summed E-state index contributed by atoms with van der Waals surface area (Å²) in [5, 5.41) is 0. The van der Waals surface area contributed by atoms with E-state index < -0.39 is 11.2 Å². The van der Waals surface area contributed by atoms with Crippen LogP contribution in [0.3, 0.4) is 0 Å². The molecule has 2 N–H and O–H groups in total. The lowest BCUT2D eigenvalue weighted by Gasteiger charge is -2.34. The molecule has 1 aliphatic heterocycles. The van der Waals surface area contributed by atoms with Gasteiger partial charge in [0.1, 0.15) is 0 Å². The quantitative estimate of drug-likeness (QED) is 0.814. The van der Waals surface area contributed by atoms with Gasteiger partial charge in [0, 0.05) is 43.5 Å². The van der Waals surface area contributed by atoms with Crippen molar-refractivity contribution >= 4 is 5.91 Å². The van der Waals surface area contributed by atoms with E-state index in [2.05, 4.69) is 28.7 Å². The van der Waals surface area contributed by atoms with E-state index in [0.717, 1.165) is 32.0 Å². The van der Waals surface area contributed by atoms with Crippen LogP contribution in [0.25, 0.3) is 0 Å². The van der Waals surface area contributed by atoms with Gasteiger partial charge < -0.3 is 9.88 Å². The summed E-state index contributed by atoms with van der Waals surface area (Å²) in [6.45, 7) is 9.71. The van der Waals surface area contributed by atoms with Crippen LogP contribution >= 0.6 is 0 Å². The van der Waals surface area contributed by atoms with Crippen LogP contribution in [0.5, 0.6) is 0 Å². The Hall–Kier alpha value is -1.89. The number of H-pyrrole nitrogens is 2. The zero-order valence-corrected chi connectivity index (χ0v) is 16.0. The summed E-state index contributed by atoms with van der Waals surface area (Å²) in [6.07, 6.45) is 3.66. The van der Waals surface area contributed by atoms with Crippen LogP contribution in [0.15, 0.2) is 9.59 Å². The Morgan fingerprint density at radius 1 is 1.19 bits per heavy atom. The van der Waals surface area contributed by atoms with E-state index in [9.17, 15) is 14.4 Å². The number of aryl methyl sites for hydroxylation is 1. The SMILES string of the molecule is Cc1[nH]c(=O)[nH]c(=O)c1CC(=O)N1CCCN(CC2CC2)[C@H](C(C)C)C1. The summed E-state index contributed by atoms with van der Waals surface area (Å²) in [7, 11) is 0. The monoisotopic (exact) mass is 362 g/mol. The van der Waals surface area contributed by atoms with Gasteiger partial charge in [-0.1, -0.05) is 13.8 Å². The van der Waals surface area contributed by atoms with Crippen LogP contribution in [0.4, 0.5) is 0 Å². The maximum absolute atomic E-state index is 12.9. The third-order valence-corrected chi connectivity index (χ3v) is 5.64. The van der Waals surface area contributed by atoms with Crippen LogP contribution in [0.1, 0.15) is 44.4 Å². The van der Waals surface area contributed by atoms with Gasteiger partial charge in [0.2, 0.25) is 5.91 Å². The van der Waals surface area contributed by atoms with Crippen LogP contribution in [-0.4, -0.2) is 57.9 Å². The predicted octanol–water partition coefficient (Wildman–Crippen LogP) is 0.883. The molecule has 3 rings (SSSR count). The fourth-order valence-corrected chi connectivity index (χ4v) is 3.88. The van der Waals surface area contributed by atoms with E-state index >= 15 is 0 Å². The molecule has 0 bridgehead atoms. The zero-order valence-electron chi connectivity index (χ0n) is 16.0. The topological polar surface area (TPSA) is 89.3 Å². The maximum atomic E-state index is 12.9. The van der Waals surface area contributed by atoms with Crippen LogP contribution < -0.4 is 11.2 Å². The van der Waals surface area contributed by atoms with Gasteiger partial charge in [0.25, 0.3) is 5.56 Å². The zero-order chi connectivity index (χ0) is 18.8. The van der Waals surface area contributed by atoms with Crippen molar-refractivity contribution in [1.82, 2.24) is 19.8 Å². The summed E-state index contributed by atoms with van der Waals surface area (Å²) in [6, 6.07) is 0.358. The molecule has 1 saturated heterocycles. The van der Waals surface area contributed by atoms with Gasteiger partial charge in [0.05, 0.1) is 6.42 Å². The summed E-state index contributed by atoms with van der Waals surface area (Å²) >= 11 is 0. The van der Waals surface area contributed by atoms with Gasteiger partial charge in [-0.2, -0.15) is 0 Å². The van der Waals surface area contributed by atoms with Gasteiger partial charge in [-0.25, -0.2) is 4.79 Å². The van der Waals surface area contributed by atoms with E-state index in [1.165, 1.54) is 12.8 Å². The highest BCUT2D eigenvalue weighted by Gasteiger charge is 2.33. The average Bonchev–Trinajstić information content (AvgIpc) is 3.38. The van der Waals surface area contributed by atoms with Crippen molar-refractivity contribution < 1.29 is 4.79 Å². The standard InChI is InChI=1S/C19H30N4O3/c1-12(2)16-11-23(8-4-7-22(16)10-14-5-6-14)17(24)9-15-13(3)20-19(26)21-18(15)25/h12,14,16H,4-11H2,1-3H3,(H2,20,21,25,26)/t16-/m0/s1. The van der Waals surface area contributed by atoms with E-state index in [0.29, 0.717) is 29.8 Å². The average molecular weight is 362 g/mol. The molecule has 2 aliphatic rings. The van der Waals surface area contributed by atoms with Gasteiger partial charge in [-0.15, -0.1) is 0 Å². The van der Waals surface area contributed by atoms with E-state index in [1.807, 2.05) is 4.90 Å². The molecule has 1 amide bonds. The minimum absolute atomic E-state index is 0.0331. The molecule has 1 aromatic rings. The lowest BCUT2D eigenvalue weighted by molar-refractivity contribution is -0.131. The number of amides is 1. The Labute approximate surface area is 153 Å². The van der Waals surface area contributed by atoms with Crippen LogP contribution in [0, 0.1) is 18.8 Å². The number of nitrogens with one attached hydrogen (secondary N) is 2. The molecule has 2 fully saturated rings. The second-order valence-electron chi connectivity index (χ2n) is 8.13. The van der Waals surface area contributed by atoms with Crippen molar-refractivity contribution in [2.45, 2.75) is 52.5 Å². The van der Waals surface area contributed by atoms with Crippen molar-refractivity contribution in [2.24, 2.45) is 11.8 Å². The summed E-state index contributed by atoms with van der Waals surface area (Å²) in [4.78, 5) is 45.5. The largest absolute Gasteiger partial charge is 0.341 e. The van der Waals surface area contributed by atoms with Crippen molar-refractivity contribution in [3.8, 4) is 0 Å². The Balaban J connectivity index is 1.72. The molecule has 1 atom stereocenters.